The summed E-state index contributed by atoms with van der Waals surface area (Å²) in [6.45, 7) is 2.10. The van der Waals surface area contributed by atoms with Crippen molar-refractivity contribution in [2.75, 3.05) is 0 Å². The van der Waals surface area contributed by atoms with E-state index in [1.165, 1.54) is 16.7 Å². The molecule has 1 aromatic heterocycles. The number of imidazole rings is 1. The SMILES string of the molecule is Cc1ccc(-c2[nH]c(-c3ccccc3)c(-c3ccccc3)[nH+]2)cc1.O=[N+]([O-])[O-]. The summed E-state index contributed by atoms with van der Waals surface area (Å²) in [6, 6.07) is 29.4. The third-order valence-corrected chi connectivity index (χ3v) is 4.22. The molecule has 140 valence electrons. The third kappa shape index (κ3) is 4.62. The second-order valence-corrected chi connectivity index (χ2v) is 6.20. The van der Waals surface area contributed by atoms with Crippen molar-refractivity contribution in [3.05, 3.63) is 106 Å². The van der Waals surface area contributed by atoms with Crippen LogP contribution >= 0.6 is 0 Å². The molecule has 6 nitrogen and oxygen atoms in total. The molecular formula is C22H19N3O3. The molecule has 28 heavy (non-hydrogen) atoms. The number of hydrogen-bond donors (Lipinski definition) is 1. The van der Waals surface area contributed by atoms with Crippen LogP contribution in [0, 0.1) is 22.2 Å². The number of rotatable bonds is 3. The Morgan fingerprint density at radius 2 is 1.25 bits per heavy atom. The Balaban J connectivity index is 0.000000516. The molecule has 6 heteroatoms. The standard InChI is InChI=1S/C22H18N2.NO3/c1-16-12-14-19(15-13-16)22-23-20(17-8-4-2-5-9-17)21(24-22)18-10-6-3-7-11-18;2-1(3)4/h2-15H,1H3,(H,23,24);/q;-1/p+1. The first kappa shape index (κ1) is 18.8. The Bertz CT molecular complexity index is 983. The van der Waals surface area contributed by atoms with Gasteiger partial charge >= 0.3 is 0 Å². The van der Waals surface area contributed by atoms with Gasteiger partial charge in [0, 0.05) is 11.1 Å². The molecule has 0 aliphatic heterocycles. The van der Waals surface area contributed by atoms with Crippen LogP contribution in [0.3, 0.4) is 0 Å². The van der Waals surface area contributed by atoms with E-state index >= 15 is 0 Å². The molecule has 2 N–H and O–H groups in total. The van der Waals surface area contributed by atoms with Crippen molar-refractivity contribution in [1.29, 1.82) is 0 Å². The van der Waals surface area contributed by atoms with E-state index in [1.807, 2.05) is 12.1 Å². The third-order valence-electron chi connectivity index (χ3n) is 4.22. The summed E-state index contributed by atoms with van der Waals surface area (Å²) in [5.41, 5.74) is 6.98. The normalized spacial score (nSPS) is 10.0. The maximum absolute atomic E-state index is 8.25. The maximum Gasteiger partial charge on any atom is 0.285 e. The van der Waals surface area contributed by atoms with Gasteiger partial charge in [-0.3, -0.25) is 0 Å². The van der Waals surface area contributed by atoms with E-state index in [1.54, 1.807) is 0 Å². The van der Waals surface area contributed by atoms with Gasteiger partial charge in [0.2, 0.25) is 0 Å². The molecule has 0 atom stereocenters. The maximum atomic E-state index is 8.25. The van der Waals surface area contributed by atoms with Crippen LogP contribution in [0.25, 0.3) is 33.9 Å². The first-order chi connectivity index (χ1) is 13.5. The summed E-state index contributed by atoms with van der Waals surface area (Å²) >= 11 is 0. The Kier molecular flexibility index (Phi) is 5.81. The molecule has 0 radical (unpaired) electrons. The zero-order valence-corrected chi connectivity index (χ0v) is 15.3. The highest BCUT2D eigenvalue weighted by Crippen LogP contribution is 2.29. The van der Waals surface area contributed by atoms with Gasteiger partial charge in [-0.25, -0.2) is 9.97 Å². The molecule has 0 aliphatic rings. The molecule has 0 amide bonds. The first-order valence-electron chi connectivity index (χ1n) is 8.69. The molecule has 1 heterocycles. The van der Waals surface area contributed by atoms with Crippen molar-refractivity contribution >= 4 is 0 Å². The zero-order chi connectivity index (χ0) is 19.9. The van der Waals surface area contributed by atoms with E-state index in [2.05, 4.69) is 89.7 Å². The number of nitrogens with one attached hydrogen (secondary N) is 2. The number of benzene rings is 3. The van der Waals surface area contributed by atoms with E-state index in [-0.39, 0.29) is 0 Å². The molecule has 3 aromatic carbocycles. The minimum absolute atomic E-state index is 1.02. The van der Waals surface area contributed by atoms with Crippen LogP contribution in [0.2, 0.25) is 0 Å². The quantitative estimate of drug-likeness (QED) is 0.408. The highest BCUT2D eigenvalue weighted by Gasteiger charge is 2.21. The fraction of sp³-hybridized carbons (Fsp3) is 0.0455. The van der Waals surface area contributed by atoms with Gasteiger partial charge in [-0.1, -0.05) is 78.4 Å². The number of hydrogen-bond acceptors (Lipinski definition) is 3. The van der Waals surface area contributed by atoms with Crippen molar-refractivity contribution in [3.8, 4) is 33.9 Å². The van der Waals surface area contributed by atoms with Crippen LogP contribution in [0.15, 0.2) is 84.9 Å². The van der Waals surface area contributed by atoms with E-state index in [9.17, 15) is 0 Å². The van der Waals surface area contributed by atoms with E-state index in [4.69, 9.17) is 15.3 Å². The Morgan fingerprint density at radius 1 is 0.750 bits per heavy atom. The number of H-pyrrole nitrogens is 2. The smallest absolute Gasteiger partial charge is 0.285 e. The van der Waals surface area contributed by atoms with Gasteiger partial charge in [-0.15, -0.1) is 0 Å². The minimum Gasteiger partial charge on any atom is -0.356 e. The van der Waals surface area contributed by atoms with Crippen molar-refractivity contribution in [3.63, 3.8) is 0 Å². The highest BCUT2D eigenvalue weighted by molar-refractivity contribution is 5.77. The Hall–Kier alpha value is -3.93. The number of aromatic amines is 2. The van der Waals surface area contributed by atoms with Crippen molar-refractivity contribution in [1.82, 2.24) is 4.98 Å². The van der Waals surface area contributed by atoms with Gasteiger partial charge < -0.3 is 15.3 Å². The van der Waals surface area contributed by atoms with Gasteiger partial charge in [0.1, 0.15) is 0 Å². The van der Waals surface area contributed by atoms with Crippen LogP contribution < -0.4 is 4.98 Å². The fourth-order valence-corrected chi connectivity index (χ4v) is 2.91. The summed E-state index contributed by atoms with van der Waals surface area (Å²) in [7, 11) is 0. The van der Waals surface area contributed by atoms with Gasteiger partial charge in [0.15, 0.2) is 11.4 Å². The molecule has 0 fully saturated rings. The van der Waals surface area contributed by atoms with Gasteiger partial charge in [-0.05, 0) is 19.1 Å². The lowest BCUT2D eigenvalue weighted by molar-refractivity contribution is -0.402. The van der Waals surface area contributed by atoms with Gasteiger partial charge in [0.05, 0.1) is 10.7 Å². The molecule has 0 bridgehead atoms. The lowest BCUT2D eigenvalue weighted by Gasteiger charge is -1.98. The molecule has 0 unspecified atom stereocenters. The topological polar surface area (TPSA) is 96.1 Å². The molecule has 0 aliphatic carbocycles. The molecular weight excluding hydrogens is 354 g/mol. The number of nitrogens with zero attached hydrogens (tertiary/aromatic N) is 1. The Morgan fingerprint density at radius 3 is 1.79 bits per heavy atom. The highest BCUT2D eigenvalue weighted by atomic mass is 16.9. The number of aromatic nitrogens is 2. The average Bonchev–Trinajstić information content (AvgIpc) is 3.15. The molecule has 0 spiro atoms. The van der Waals surface area contributed by atoms with Gasteiger partial charge in [0.25, 0.3) is 5.82 Å². The fourth-order valence-electron chi connectivity index (χ4n) is 2.91. The second-order valence-electron chi connectivity index (χ2n) is 6.20. The van der Waals surface area contributed by atoms with Crippen LogP contribution in [-0.2, 0) is 0 Å². The van der Waals surface area contributed by atoms with Crippen molar-refractivity contribution in [2.24, 2.45) is 0 Å². The lowest BCUT2D eigenvalue weighted by atomic mass is 10.1. The average molecular weight is 373 g/mol. The van der Waals surface area contributed by atoms with Crippen LogP contribution in [0.1, 0.15) is 5.56 Å². The van der Waals surface area contributed by atoms with E-state index < -0.39 is 5.09 Å². The lowest BCUT2D eigenvalue weighted by Crippen LogP contribution is -2.05. The summed E-state index contributed by atoms with van der Waals surface area (Å²) < 4.78 is 0. The number of aryl methyl sites for hydroxylation is 1. The Labute approximate surface area is 162 Å². The molecule has 4 rings (SSSR count). The zero-order valence-electron chi connectivity index (χ0n) is 15.3. The van der Waals surface area contributed by atoms with E-state index in [0.29, 0.717) is 0 Å². The summed E-state index contributed by atoms with van der Waals surface area (Å²) in [4.78, 5) is 15.4. The first-order valence-corrected chi connectivity index (χ1v) is 8.69. The van der Waals surface area contributed by atoms with Crippen LogP contribution in [-0.4, -0.2) is 10.1 Å². The van der Waals surface area contributed by atoms with Crippen molar-refractivity contribution in [2.45, 2.75) is 6.92 Å². The summed E-state index contributed by atoms with van der Waals surface area (Å²) in [5, 5.41) is 14.8. The molecule has 4 aromatic rings. The van der Waals surface area contributed by atoms with Crippen LogP contribution in [0.4, 0.5) is 0 Å². The predicted molar refractivity (Wildman–Crippen MR) is 109 cm³/mol. The van der Waals surface area contributed by atoms with Crippen LogP contribution in [0.5, 0.6) is 0 Å². The monoisotopic (exact) mass is 373 g/mol. The minimum atomic E-state index is -1.75. The second kappa shape index (κ2) is 8.64. The predicted octanol–water partition coefficient (Wildman–Crippen LogP) is 4.90. The van der Waals surface area contributed by atoms with Crippen molar-refractivity contribution < 1.29 is 10.1 Å². The van der Waals surface area contributed by atoms with Gasteiger partial charge in [-0.2, -0.15) is 0 Å². The van der Waals surface area contributed by atoms with E-state index in [0.717, 1.165) is 22.8 Å². The molecule has 0 saturated heterocycles. The summed E-state index contributed by atoms with van der Waals surface area (Å²) in [6.07, 6.45) is 0. The molecule has 0 saturated carbocycles. The largest absolute Gasteiger partial charge is 0.356 e. The summed E-state index contributed by atoms with van der Waals surface area (Å²) in [5.74, 6) is 1.02.